The van der Waals surface area contributed by atoms with Gasteiger partial charge in [0.15, 0.2) is 11.8 Å². The minimum Gasteiger partial charge on any atom is -0.494 e. The maximum atomic E-state index is 10.5. The number of para-hydroxylation sites is 2. The molecule has 0 radical (unpaired) electrons. The van der Waals surface area contributed by atoms with Gasteiger partial charge in [-0.25, -0.2) is 0 Å². The lowest BCUT2D eigenvalue weighted by atomic mass is 10.2. The number of ether oxygens (including phenoxy) is 1. The molecule has 180 valence electrons. The van der Waals surface area contributed by atoms with Crippen LogP contribution in [0.15, 0.2) is 30.3 Å². The molecular weight excluding hydrogens is 416 g/mol. The Balaban J connectivity index is 1.09. The molecule has 0 atom stereocenters. The van der Waals surface area contributed by atoms with Crippen molar-refractivity contribution in [2.75, 3.05) is 37.6 Å². The molecule has 7 nitrogen and oxygen atoms in total. The summed E-state index contributed by atoms with van der Waals surface area (Å²) in [6, 6.07) is 10.7. The first-order valence-electron chi connectivity index (χ1n) is 12.7. The van der Waals surface area contributed by atoms with E-state index in [2.05, 4.69) is 39.4 Å². The molecule has 7 heteroatoms. The number of rotatable bonds is 10. The third kappa shape index (κ3) is 5.58. The molecule has 3 N–H and O–H groups in total. The Labute approximate surface area is 197 Å². The van der Waals surface area contributed by atoms with Crippen LogP contribution in [-0.2, 0) is 13.1 Å². The molecule has 0 unspecified atom stereocenters. The summed E-state index contributed by atoms with van der Waals surface area (Å²) in [5.41, 5.74) is 2.00. The van der Waals surface area contributed by atoms with Gasteiger partial charge in [-0.15, -0.1) is 0 Å². The fraction of sp³-hybridized carbons (Fsp3) is 0.615. The summed E-state index contributed by atoms with van der Waals surface area (Å²) in [5.74, 6) is 1.39. The van der Waals surface area contributed by atoms with Crippen LogP contribution >= 0.6 is 0 Å². The van der Waals surface area contributed by atoms with Gasteiger partial charge in [0.05, 0.1) is 11.8 Å². The maximum Gasteiger partial charge on any atom is 0.198 e. The number of piperazine rings is 1. The molecule has 5 rings (SSSR count). The van der Waals surface area contributed by atoms with Crippen molar-refractivity contribution in [3.8, 4) is 17.5 Å². The second-order valence-electron chi connectivity index (χ2n) is 9.83. The lowest BCUT2D eigenvalue weighted by molar-refractivity contribution is 0.208. The zero-order chi connectivity index (χ0) is 22.6. The predicted molar refractivity (Wildman–Crippen MR) is 130 cm³/mol. The Morgan fingerprint density at radius 3 is 2.45 bits per heavy atom. The van der Waals surface area contributed by atoms with Crippen LogP contribution in [0, 0.1) is 0 Å². The fourth-order valence-electron chi connectivity index (χ4n) is 5.14. The van der Waals surface area contributed by atoms with Crippen molar-refractivity contribution in [2.24, 2.45) is 0 Å². The maximum absolute atomic E-state index is 10.5. The summed E-state index contributed by atoms with van der Waals surface area (Å²) in [5, 5.41) is 24.2. The molecule has 1 saturated heterocycles. The first kappa shape index (κ1) is 22.4. The highest BCUT2D eigenvalue weighted by molar-refractivity contribution is 5.58. The van der Waals surface area contributed by atoms with Gasteiger partial charge in [0, 0.05) is 56.9 Å². The summed E-state index contributed by atoms with van der Waals surface area (Å²) in [7, 11) is 0. The lowest BCUT2D eigenvalue weighted by Crippen LogP contribution is -2.46. The van der Waals surface area contributed by atoms with Crippen molar-refractivity contribution in [1.29, 1.82) is 0 Å². The lowest BCUT2D eigenvalue weighted by Gasteiger charge is -2.37. The van der Waals surface area contributed by atoms with Crippen molar-refractivity contribution < 1.29 is 14.9 Å². The predicted octanol–water partition coefficient (Wildman–Crippen LogP) is 3.69. The number of anilines is 1. The third-order valence-corrected chi connectivity index (χ3v) is 7.31. The molecule has 0 spiro atoms. The van der Waals surface area contributed by atoms with Crippen molar-refractivity contribution >= 4 is 5.69 Å². The van der Waals surface area contributed by atoms with Gasteiger partial charge >= 0.3 is 0 Å². The number of nitrogens with zero attached hydrogens (tertiary/aromatic N) is 3. The van der Waals surface area contributed by atoms with E-state index in [1.807, 2.05) is 0 Å². The van der Waals surface area contributed by atoms with Gasteiger partial charge in [0.2, 0.25) is 0 Å². The van der Waals surface area contributed by atoms with Crippen molar-refractivity contribution in [2.45, 2.75) is 70.2 Å². The molecule has 2 heterocycles. The van der Waals surface area contributed by atoms with Crippen LogP contribution < -0.4 is 15.0 Å². The quantitative estimate of drug-likeness (QED) is 0.509. The van der Waals surface area contributed by atoms with E-state index in [0.717, 1.165) is 50.5 Å². The molecule has 33 heavy (non-hydrogen) atoms. The number of hydrogen-bond donors (Lipinski definition) is 3. The number of aromatic hydroxyl groups is 2. The molecule has 3 fully saturated rings. The van der Waals surface area contributed by atoms with E-state index in [9.17, 15) is 10.2 Å². The van der Waals surface area contributed by atoms with E-state index in [0.29, 0.717) is 25.2 Å². The number of aromatic nitrogens is 1. The van der Waals surface area contributed by atoms with Gasteiger partial charge in [-0.1, -0.05) is 12.1 Å². The smallest absolute Gasteiger partial charge is 0.198 e. The van der Waals surface area contributed by atoms with Gasteiger partial charge in [-0.05, 0) is 63.6 Å². The molecular formula is C26H38N4O3. The first-order chi connectivity index (χ1) is 16.2. The molecule has 1 aromatic carbocycles. The highest BCUT2D eigenvalue weighted by atomic mass is 16.5. The zero-order valence-electron chi connectivity index (χ0n) is 19.6. The van der Waals surface area contributed by atoms with Crippen molar-refractivity contribution in [3.05, 3.63) is 35.9 Å². The Bertz CT molecular complexity index is 912. The van der Waals surface area contributed by atoms with E-state index in [-0.39, 0.29) is 11.8 Å². The minimum atomic E-state index is 0.156. The van der Waals surface area contributed by atoms with E-state index in [4.69, 9.17) is 4.74 Å². The fourth-order valence-corrected chi connectivity index (χ4v) is 5.14. The molecule has 2 saturated carbocycles. The highest BCUT2D eigenvalue weighted by Gasteiger charge is 2.24. The van der Waals surface area contributed by atoms with Crippen LogP contribution in [0.1, 0.15) is 50.5 Å². The molecule has 2 aliphatic carbocycles. The summed E-state index contributed by atoms with van der Waals surface area (Å²) in [4.78, 5) is 4.92. The first-order valence-corrected chi connectivity index (χ1v) is 12.7. The van der Waals surface area contributed by atoms with Crippen LogP contribution in [0.25, 0.3) is 0 Å². The van der Waals surface area contributed by atoms with E-state index in [1.165, 1.54) is 44.2 Å². The minimum absolute atomic E-state index is 0.156. The number of hydrogen-bond acceptors (Lipinski definition) is 6. The Morgan fingerprint density at radius 1 is 0.939 bits per heavy atom. The van der Waals surface area contributed by atoms with E-state index in [1.54, 1.807) is 10.6 Å². The number of benzene rings is 1. The van der Waals surface area contributed by atoms with Crippen molar-refractivity contribution in [3.63, 3.8) is 0 Å². The normalized spacial score (nSPS) is 19.9. The van der Waals surface area contributed by atoms with Gasteiger partial charge in [0.1, 0.15) is 5.75 Å². The second kappa shape index (κ2) is 10.3. The monoisotopic (exact) mass is 454 g/mol. The standard InChI is InChI=1S/C26H38N4O3/c31-25-18-20(19-27-21-10-11-21)26(32)30(25)13-5-12-28-14-16-29(17-15-28)23-8-3-4-9-24(23)33-22-6-1-2-7-22/h3-4,8-9,18,21-22,27,31-32H,1-2,5-7,10-17,19H2. The topological polar surface area (TPSA) is 73.1 Å². The Kier molecular flexibility index (Phi) is 6.97. The molecule has 3 aliphatic rings. The Morgan fingerprint density at radius 2 is 1.70 bits per heavy atom. The van der Waals surface area contributed by atoms with Gasteiger partial charge in [-0.2, -0.15) is 0 Å². The van der Waals surface area contributed by atoms with Crippen LogP contribution in [0.3, 0.4) is 0 Å². The molecule has 0 bridgehead atoms. The zero-order valence-corrected chi connectivity index (χ0v) is 19.6. The summed E-state index contributed by atoms with van der Waals surface area (Å²) < 4.78 is 7.98. The van der Waals surface area contributed by atoms with E-state index >= 15 is 0 Å². The average Bonchev–Trinajstić information content (AvgIpc) is 3.45. The largest absolute Gasteiger partial charge is 0.494 e. The van der Waals surface area contributed by atoms with Crippen LogP contribution in [0.4, 0.5) is 5.69 Å². The second-order valence-corrected chi connectivity index (χ2v) is 9.83. The van der Waals surface area contributed by atoms with Crippen molar-refractivity contribution in [1.82, 2.24) is 14.8 Å². The molecule has 1 aromatic heterocycles. The highest BCUT2D eigenvalue weighted by Crippen LogP contribution is 2.33. The summed E-state index contributed by atoms with van der Waals surface area (Å²) >= 11 is 0. The summed E-state index contributed by atoms with van der Waals surface area (Å²) in [6.07, 6.45) is 8.59. The van der Waals surface area contributed by atoms with E-state index < -0.39 is 0 Å². The van der Waals surface area contributed by atoms with Gasteiger partial charge < -0.3 is 25.2 Å². The molecule has 1 aliphatic heterocycles. The molecule has 0 amide bonds. The number of nitrogens with one attached hydrogen (secondary N) is 1. The summed E-state index contributed by atoms with van der Waals surface area (Å²) in [6.45, 7) is 6.20. The van der Waals surface area contributed by atoms with Crippen LogP contribution in [0.5, 0.6) is 17.5 Å². The van der Waals surface area contributed by atoms with Crippen LogP contribution in [0.2, 0.25) is 0 Å². The average molecular weight is 455 g/mol. The molecule has 2 aromatic rings. The SMILES string of the molecule is Oc1cc(CNC2CC2)c(O)n1CCCN1CCN(c2ccccc2OC2CCCC2)CC1. The van der Waals surface area contributed by atoms with Gasteiger partial charge in [0.25, 0.3) is 0 Å². The van der Waals surface area contributed by atoms with Gasteiger partial charge in [-0.3, -0.25) is 9.47 Å². The Hall–Kier alpha value is -2.38. The third-order valence-electron chi connectivity index (χ3n) is 7.31. The van der Waals surface area contributed by atoms with Crippen LogP contribution in [-0.4, -0.2) is 64.5 Å².